The third-order valence-electron chi connectivity index (χ3n) is 3.74. The Morgan fingerprint density at radius 1 is 1.18 bits per heavy atom. The zero-order chi connectivity index (χ0) is 15.5. The van der Waals surface area contributed by atoms with Crippen LogP contribution in [0.4, 0.5) is 4.79 Å². The van der Waals surface area contributed by atoms with E-state index in [1.807, 2.05) is 23.6 Å². The lowest BCUT2D eigenvalue weighted by Crippen LogP contribution is -2.48. The molecular formula is C15H17N3O2S2. The molecule has 7 heteroatoms. The van der Waals surface area contributed by atoms with Crippen molar-refractivity contribution in [2.45, 2.75) is 18.9 Å². The maximum Gasteiger partial charge on any atom is 0.314 e. The number of carbonyl (C=O) groups is 2. The minimum atomic E-state index is -0.386. The van der Waals surface area contributed by atoms with Gasteiger partial charge in [0.05, 0.1) is 4.88 Å². The van der Waals surface area contributed by atoms with Gasteiger partial charge in [0.25, 0.3) is 5.91 Å². The number of hydrogen-bond acceptors (Lipinski definition) is 4. The van der Waals surface area contributed by atoms with Crippen LogP contribution in [-0.2, 0) is 0 Å². The molecule has 1 aliphatic heterocycles. The van der Waals surface area contributed by atoms with Crippen LogP contribution in [0.2, 0.25) is 0 Å². The fourth-order valence-corrected chi connectivity index (χ4v) is 4.26. The van der Waals surface area contributed by atoms with Gasteiger partial charge in [-0.1, -0.05) is 6.07 Å². The summed E-state index contributed by atoms with van der Waals surface area (Å²) in [7, 11) is 0. The summed E-state index contributed by atoms with van der Waals surface area (Å²) in [5.41, 5.74) is 5.26. The average Bonchev–Trinajstić information content (AvgIpc) is 3.19. The van der Waals surface area contributed by atoms with E-state index in [0.29, 0.717) is 13.1 Å². The van der Waals surface area contributed by atoms with Crippen molar-refractivity contribution >= 4 is 34.6 Å². The van der Waals surface area contributed by atoms with Gasteiger partial charge in [0.1, 0.15) is 0 Å². The molecule has 0 aliphatic carbocycles. The molecule has 1 aliphatic rings. The van der Waals surface area contributed by atoms with Gasteiger partial charge in [0.2, 0.25) is 0 Å². The van der Waals surface area contributed by atoms with Crippen LogP contribution in [-0.4, -0.2) is 36.0 Å². The third kappa shape index (κ3) is 3.31. The van der Waals surface area contributed by atoms with E-state index < -0.39 is 0 Å². The molecule has 0 spiro atoms. The predicted octanol–water partition coefficient (Wildman–Crippen LogP) is 2.75. The fraction of sp³-hybridized carbons (Fsp3) is 0.333. The fourth-order valence-electron chi connectivity index (χ4n) is 2.51. The maximum absolute atomic E-state index is 12.3. The Morgan fingerprint density at radius 2 is 1.95 bits per heavy atom. The van der Waals surface area contributed by atoms with E-state index in [0.717, 1.165) is 22.6 Å². The van der Waals surface area contributed by atoms with Crippen LogP contribution >= 0.6 is 22.7 Å². The summed E-state index contributed by atoms with van der Waals surface area (Å²) in [4.78, 5) is 28.0. The first kappa shape index (κ1) is 15.1. The van der Waals surface area contributed by atoms with Gasteiger partial charge in [-0.25, -0.2) is 4.79 Å². The number of likely N-dealkylation sites (tertiary alicyclic amines) is 1. The second kappa shape index (κ2) is 6.50. The number of piperidine rings is 1. The lowest BCUT2D eigenvalue weighted by Gasteiger charge is -2.31. The highest BCUT2D eigenvalue weighted by Crippen LogP contribution is 2.31. The molecule has 3 rings (SSSR count). The Hall–Kier alpha value is -1.86. The Bertz CT molecular complexity index is 658. The number of amides is 3. The van der Waals surface area contributed by atoms with Crippen molar-refractivity contribution < 1.29 is 9.59 Å². The number of rotatable bonds is 3. The molecular weight excluding hydrogens is 318 g/mol. The van der Waals surface area contributed by atoms with Gasteiger partial charge in [0, 0.05) is 28.9 Å². The van der Waals surface area contributed by atoms with Crippen LogP contribution < -0.4 is 11.1 Å². The van der Waals surface area contributed by atoms with Gasteiger partial charge in [-0.05, 0) is 36.4 Å². The predicted molar refractivity (Wildman–Crippen MR) is 89.3 cm³/mol. The highest BCUT2D eigenvalue weighted by Gasteiger charge is 2.23. The zero-order valence-corrected chi connectivity index (χ0v) is 13.6. The molecule has 3 heterocycles. The van der Waals surface area contributed by atoms with E-state index in [1.165, 1.54) is 16.2 Å². The van der Waals surface area contributed by atoms with Gasteiger partial charge in [0.15, 0.2) is 0 Å². The van der Waals surface area contributed by atoms with Crippen molar-refractivity contribution in [1.29, 1.82) is 0 Å². The SMILES string of the molecule is NC(=O)N1CCC(NC(=O)c2ccc(-c3cccs3)s2)CC1. The minimum Gasteiger partial charge on any atom is -0.351 e. The van der Waals surface area contributed by atoms with Crippen molar-refractivity contribution in [1.82, 2.24) is 10.2 Å². The number of urea groups is 1. The second-order valence-corrected chi connectivity index (χ2v) is 7.25. The first-order valence-electron chi connectivity index (χ1n) is 7.12. The first-order valence-corrected chi connectivity index (χ1v) is 8.82. The molecule has 0 bridgehead atoms. The molecule has 0 saturated carbocycles. The second-order valence-electron chi connectivity index (χ2n) is 5.21. The monoisotopic (exact) mass is 335 g/mol. The normalized spacial score (nSPS) is 15.7. The van der Waals surface area contributed by atoms with Crippen molar-refractivity contribution in [2.75, 3.05) is 13.1 Å². The molecule has 0 aromatic carbocycles. The smallest absolute Gasteiger partial charge is 0.314 e. The first-order chi connectivity index (χ1) is 10.6. The van der Waals surface area contributed by atoms with Gasteiger partial charge in [-0.2, -0.15) is 0 Å². The van der Waals surface area contributed by atoms with E-state index in [-0.39, 0.29) is 18.0 Å². The third-order valence-corrected chi connectivity index (χ3v) is 5.89. The molecule has 116 valence electrons. The zero-order valence-electron chi connectivity index (χ0n) is 12.0. The van der Waals surface area contributed by atoms with E-state index in [4.69, 9.17) is 5.73 Å². The van der Waals surface area contributed by atoms with Crippen LogP contribution in [0.3, 0.4) is 0 Å². The van der Waals surface area contributed by atoms with Crippen LogP contribution in [0.15, 0.2) is 29.6 Å². The molecule has 0 atom stereocenters. The molecule has 1 fully saturated rings. The molecule has 5 nitrogen and oxygen atoms in total. The van der Waals surface area contributed by atoms with Crippen molar-refractivity contribution in [3.63, 3.8) is 0 Å². The Kier molecular flexibility index (Phi) is 4.44. The largest absolute Gasteiger partial charge is 0.351 e. The summed E-state index contributed by atoms with van der Waals surface area (Å²) in [6.45, 7) is 1.20. The molecule has 2 aromatic rings. The van der Waals surface area contributed by atoms with Crippen LogP contribution in [0.1, 0.15) is 22.5 Å². The van der Waals surface area contributed by atoms with E-state index in [2.05, 4.69) is 11.4 Å². The minimum absolute atomic E-state index is 0.0367. The van der Waals surface area contributed by atoms with E-state index in [1.54, 1.807) is 16.2 Å². The molecule has 22 heavy (non-hydrogen) atoms. The highest BCUT2D eigenvalue weighted by molar-refractivity contribution is 7.22. The van der Waals surface area contributed by atoms with Crippen LogP contribution in [0.5, 0.6) is 0 Å². The number of nitrogens with two attached hydrogens (primary N) is 1. The van der Waals surface area contributed by atoms with Gasteiger partial charge >= 0.3 is 6.03 Å². The number of nitrogens with zero attached hydrogens (tertiary/aromatic N) is 1. The number of primary amides is 1. The van der Waals surface area contributed by atoms with Gasteiger partial charge < -0.3 is 16.0 Å². The standard InChI is InChI=1S/C15H17N3O2S2/c16-15(20)18-7-5-10(6-8-18)17-14(19)13-4-3-12(22-13)11-2-1-9-21-11/h1-4,9-10H,5-8H2,(H2,16,20)(H,17,19). The summed E-state index contributed by atoms with van der Waals surface area (Å²) in [6.07, 6.45) is 1.50. The lowest BCUT2D eigenvalue weighted by molar-refractivity contribution is 0.0923. The molecule has 0 radical (unpaired) electrons. The van der Waals surface area contributed by atoms with Crippen molar-refractivity contribution in [2.24, 2.45) is 5.73 Å². The number of carbonyl (C=O) groups excluding carboxylic acids is 2. The number of hydrogen-bond donors (Lipinski definition) is 2. The molecule has 3 amide bonds. The summed E-state index contributed by atoms with van der Waals surface area (Å²) >= 11 is 3.18. The Morgan fingerprint density at radius 3 is 2.59 bits per heavy atom. The topological polar surface area (TPSA) is 75.4 Å². The quantitative estimate of drug-likeness (QED) is 0.905. The highest BCUT2D eigenvalue weighted by atomic mass is 32.1. The summed E-state index contributed by atoms with van der Waals surface area (Å²) < 4.78 is 0. The summed E-state index contributed by atoms with van der Waals surface area (Å²) in [6, 6.07) is 7.64. The van der Waals surface area contributed by atoms with E-state index >= 15 is 0 Å². The average molecular weight is 335 g/mol. The molecule has 1 saturated heterocycles. The van der Waals surface area contributed by atoms with Crippen molar-refractivity contribution in [3.05, 3.63) is 34.5 Å². The van der Waals surface area contributed by atoms with Gasteiger partial charge in [-0.3, -0.25) is 4.79 Å². The Labute approximate surface area is 136 Å². The van der Waals surface area contributed by atoms with E-state index in [9.17, 15) is 9.59 Å². The lowest BCUT2D eigenvalue weighted by atomic mass is 10.1. The molecule has 0 unspecified atom stereocenters. The number of nitrogens with one attached hydrogen (secondary N) is 1. The van der Waals surface area contributed by atoms with Gasteiger partial charge in [-0.15, -0.1) is 22.7 Å². The maximum atomic E-state index is 12.3. The van der Waals surface area contributed by atoms with Crippen LogP contribution in [0.25, 0.3) is 9.75 Å². The number of thiophene rings is 2. The van der Waals surface area contributed by atoms with Crippen molar-refractivity contribution in [3.8, 4) is 9.75 Å². The van der Waals surface area contributed by atoms with Crippen LogP contribution in [0, 0.1) is 0 Å². The summed E-state index contributed by atoms with van der Waals surface area (Å²) in [5.74, 6) is -0.0367. The molecule has 3 N–H and O–H groups in total. The Balaban J connectivity index is 1.58. The summed E-state index contributed by atoms with van der Waals surface area (Å²) in [5, 5.41) is 5.08. The molecule has 2 aromatic heterocycles.